The molecule has 1 aromatic heterocycles. The lowest BCUT2D eigenvalue weighted by Crippen LogP contribution is -2.48. The van der Waals surface area contributed by atoms with Crippen molar-refractivity contribution in [2.45, 2.75) is 70.3 Å². The van der Waals surface area contributed by atoms with E-state index < -0.39 is 0 Å². The van der Waals surface area contributed by atoms with Crippen LogP contribution in [0.15, 0.2) is 40.9 Å². The van der Waals surface area contributed by atoms with E-state index in [0.29, 0.717) is 31.1 Å². The molecule has 4 rings (SSSR count). The van der Waals surface area contributed by atoms with E-state index in [0.717, 1.165) is 50.1 Å². The van der Waals surface area contributed by atoms with E-state index >= 15 is 0 Å². The van der Waals surface area contributed by atoms with Gasteiger partial charge in [0.05, 0.1) is 6.20 Å². The molecule has 2 aromatic rings. The lowest BCUT2D eigenvalue weighted by molar-refractivity contribution is -0.137. The third kappa shape index (κ3) is 5.96. The maximum Gasteiger partial charge on any atom is 0.225 e. The van der Waals surface area contributed by atoms with Crippen molar-refractivity contribution < 1.29 is 14.0 Å². The van der Waals surface area contributed by atoms with Crippen molar-refractivity contribution in [3.63, 3.8) is 0 Å². The Kier molecular flexibility index (Phi) is 7.39. The molecule has 0 atom stereocenters. The number of oxazole rings is 1. The second-order valence-corrected chi connectivity index (χ2v) is 8.84. The van der Waals surface area contributed by atoms with E-state index in [1.807, 2.05) is 35.2 Å². The SMILES string of the molecule is O=C(CCCc1ncc(-c2ccccc2)o1)NC1CCN(C(=O)C2CCCCC2)CC1. The molecular formula is C25H33N3O3. The maximum absolute atomic E-state index is 12.7. The molecule has 2 fully saturated rings. The molecule has 0 spiro atoms. The molecule has 31 heavy (non-hydrogen) atoms. The second kappa shape index (κ2) is 10.6. The molecule has 2 heterocycles. The van der Waals surface area contributed by atoms with Gasteiger partial charge in [0.1, 0.15) is 0 Å². The van der Waals surface area contributed by atoms with Crippen LogP contribution in [0, 0.1) is 5.92 Å². The van der Waals surface area contributed by atoms with Gasteiger partial charge in [-0.2, -0.15) is 0 Å². The lowest BCUT2D eigenvalue weighted by Gasteiger charge is -2.35. The maximum atomic E-state index is 12.7. The van der Waals surface area contributed by atoms with Crippen molar-refractivity contribution in [2.24, 2.45) is 5.92 Å². The zero-order chi connectivity index (χ0) is 21.5. The Morgan fingerprint density at radius 1 is 1.03 bits per heavy atom. The van der Waals surface area contributed by atoms with Gasteiger partial charge in [-0.25, -0.2) is 4.98 Å². The first-order valence-electron chi connectivity index (χ1n) is 11.8. The lowest BCUT2D eigenvalue weighted by atomic mass is 9.87. The predicted molar refractivity (Wildman–Crippen MR) is 119 cm³/mol. The predicted octanol–water partition coefficient (Wildman–Crippen LogP) is 4.35. The highest BCUT2D eigenvalue weighted by Crippen LogP contribution is 2.26. The molecular weight excluding hydrogens is 390 g/mol. The molecule has 6 nitrogen and oxygen atoms in total. The van der Waals surface area contributed by atoms with Crippen LogP contribution in [-0.2, 0) is 16.0 Å². The fraction of sp³-hybridized carbons (Fsp3) is 0.560. The molecule has 166 valence electrons. The van der Waals surface area contributed by atoms with Crippen molar-refractivity contribution in [3.05, 3.63) is 42.4 Å². The summed E-state index contributed by atoms with van der Waals surface area (Å²) in [5, 5.41) is 3.15. The monoisotopic (exact) mass is 423 g/mol. The molecule has 1 aliphatic heterocycles. The topological polar surface area (TPSA) is 75.4 Å². The standard InChI is InChI=1S/C25H33N3O3/c29-23(12-7-13-24-26-18-22(31-24)19-8-3-1-4-9-19)27-21-14-16-28(17-15-21)25(30)20-10-5-2-6-11-20/h1,3-4,8-9,18,20-21H,2,5-7,10-17H2,(H,27,29). The molecule has 2 aliphatic rings. The molecule has 6 heteroatoms. The molecule has 1 N–H and O–H groups in total. The fourth-order valence-corrected chi connectivity index (χ4v) is 4.71. The van der Waals surface area contributed by atoms with Crippen LogP contribution in [-0.4, -0.2) is 40.8 Å². The van der Waals surface area contributed by atoms with Crippen LogP contribution < -0.4 is 5.32 Å². The fourth-order valence-electron chi connectivity index (χ4n) is 4.71. The van der Waals surface area contributed by atoms with E-state index in [2.05, 4.69) is 10.3 Å². The zero-order valence-electron chi connectivity index (χ0n) is 18.2. The van der Waals surface area contributed by atoms with Crippen LogP contribution in [0.2, 0.25) is 0 Å². The van der Waals surface area contributed by atoms with Gasteiger partial charge < -0.3 is 14.6 Å². The highest BCUT2D eigenvalue weighted by Gasteiger charge is 2.29. The van der Waals surface area contributed by atoms with Crippen LogP contribution in [0.5, 0.6) is 0 Å². The number of piperidine rings is 1. The van der Waals surface area contributed by atoms with Crippen LogP contribution in [0.1, 0.15) is 63.7 Å². The van der Waals surface area contributed by atoms with E-state index in [9.17, 15) is 9.59 Å². The van der Waals surface area contributed by atoms with E-state index in [4.69, 9.17) is 4.42 Å². The Morgan fingerprint density at radius 2 is 1.77 bits per heavy atom. The summed E-state index contributed by atoms with van der Waals surface area (Å²) in [7, 11) is 0. The van der Waals surface area contributed by atoms with Crippen molar-refractivity contribution in [1.29, 1.82) is 0 Å². The van der Waals surface area contributed by atoms with Gasteiger partial charge in [0, 0.05) is 43.5 Å². The molecule has 0 radical (unpaired) electrons. The van der Waals surface area contributed by atoms with Gasteiger partial charge in [0.2, 0.25) is 11.8 Å². The van der Waals surface area contributed by atoms with Crippen LogP contribution in [0.4, 0.5) is 0 Å². The molecule has 1 aliphatic carbocycles. The highest BCUT2D eigenvalue weighted by atomic mass is 16.4. The zero-order valence-corrected chi connectivity index (χ0v) is 18.2. The normalized spacial score (nSPS) is 18.1. The minimum Gasteiger partial charge on any atom is -0.441 e. The van der Waals surface area contributed by atoms with Gasteiger partial charge in [-0.15, -0.1) is 0 Å². The first-order chi connectivity index (χ1) is 15.2. The van der Waals surface area contributed by atoms with Gasteiger partial charge in [0.25, 0.3) is 0 Å². The van der Waals surface area contributed by atoms with Crippen molar-refractivity contribution in [3.8, 4) is 11.3 Å². The highest BCUT2D eigenvalue weighted by molar-refractivity contribution is 5.79. The molecule has 1 saturated heterocycles. The Labute approximate surface area is 184 Å². The average Bonchev–Trinajstić information content (AvgIpc) is 3.29. The Morgan fingerprint density at radius 3 is 2.52 bits per heavy atom. The van der Waals surface area contributed by atoms with Crippen molar-refractivity contribution in [2.75, 3.05) is 13.1 Å². The summed E-state index contributed by atoms with van der Waals surface area (Å²) < 4.78 is 5.81. The third-order valence-corrected chi connectivity index (χ3v) is 6.53. The van der Waals surface area contributed by atoms with Crippen LogP contribution in [0.3, 0.4) is 0 Å². The Hall–Kier alpha value is -2.63. The van der Waals surface area contributed by atoms with Gasteiger partial charge >= 0.3 is 0 Å². The third-order valence-electron chi connectivity index (χ3n) is 6.53. The Balaban J connectivity index is 1.14. The number of amides is 2. The second-order valence-electron chi connectivity index (χ2n) is 8.84. The number of aromatic nitrogens is 1. The smallest absolute Gasteiger partial charge is 0.225 e. The molecule has 0 unspecified atom stereocenters. The van der Waals surface area contributed by atoms with E-state index in [1.165, 1.54) is 19.3 Å². The quantitative estimate of drug-likeness (QED) is 0.718. The number of carbonyl (C=O) groups is 2. The molecule has 2 amide bonds. The van der Waals surface area contributed by atoms with Gasteiger partial charge in [0.15, 0.2) is 11.7 Å². The number of nitrogens with one attached hydrogen (secondary N) is 1. The average molecular weight is 424 g/mol. The van der Waals surface area contributed by atoms with Crippen molar-refractivity contribution >= 4 is 11.8 Å². The summed E-state index contributed by atoms with van der Waals surface area (Å²) in [5.41, 5.74) is 1.01. The summed E-state index contributed by atoms with van der Waals surface area (Å²) in [6.07, 6.45) is 11.0. The number of rotatable bonds is 7. The number of carbonyl (C=O) groups excluding carboxylic acids is 2. The number of likely N-dealkylation sites (tertiary alicyclic amines) is 1. The number of benzene rings is 1. The van der Waals surface area contributed by atoms with E-state index in [-0.39, 0.29) is 17.9 Å². The Bertz CT molecular complexity index is 850. The summed E-state index contributed by atoms with van der Waals surface area (Å²) in [6.45, 7) is 1.53. The first-order valence-corrected chi connectivity index (χ1v) is 11.8. The number of hydrogen-bond acceptors (Lipinski definition) is 4. The minimum absolute atomic E-state index is 0.0758. The number of aryl methyl sites for hydroxylation is 1. The summed E-state index contributed by atoms with van der Waals surface area (Å²) >= 11 is 0. The summed E-state index contributed by atoms with van der Waals surface area (Å²) in [5.74, 6) is 2.07. The van der Waals surface area contributed by atoms with Gasteiger partial charge in [-0.05, 0) is 32.1 Å². The summed E-state index contributed by atoms with van der Waals surface area (Å²) in [4.78, 5) is 31.4. The number of hydrogen-bond donors (Lipinski definition) is 1. The van der Waals surface area contributed by atoms with Gasteiger partial charge in [-0.3, -0.25) is 9.59 Å². The van der Waals surface area contributed by atoms with Gasteiger partial charge in [-0.1, -0.05) is 49.6 Å². The minimum atomic E-state index is 0.0758. The number of nitrogens with zero attached hydrogens (tertiary/aromatic N) is 2. The summed E-state index contributed by atoms with van der Waals surface area (Å²) in [6, 6.07) is 10.1. The molecule has 1 saturated carbocycles. The molecule has 0 bridgehead atoms. The van der Waals surface area contributed by atoms with E-state index in [1.54, 1.807) is 6.20 Å². The van der Waals surface area contributed by atoms with Crippen LogP contribution >= 0.6 is 0 Å². The van der Waals surface area contributed by atoms with Crippen LogP contribution in [0.25, 0.3) is 11.3 Å². The first kappa shape index (κ1) is 21.6. The molecule has 1 aromatic carbocycles. The largest absolute Gasteiger partial charge is 0.441 e. The van der Waals surface area contributed by atoms with Crippen molar-refractivity contribution in [1.82, 2.24) is 15.2 Å².